The lowest BCUT2D eigenvalue weighted by Gasteiger charge is -2.21. The molecule has 0 unspecified atom stereocenters. The number of nitrogens with one attached hydrogen (secondary N) is 1. The smallest absolute Gasteiger partial charge is 0.337 e. The minimum atomic E-state index is -1.17. The molecule has 21 heavy (non-hydrogen) atoms. The summed E-state index contributed by atoms with van der Waals surface area (Å²) in [4.78, 5) is 48.0. The van der Waals surface area contributed by atoms with E-state index in [9.17, 15) is 19.2 Å². The molecule has 1 aromatic rings. The third-order valence-corrected chi connectivity index (χ3v) is 3.10. The normalized spacial score (nSPS) is 14.0. The summed E-state index contributed by atoms with van der Waals surface area (Å²) in [5.74, 6) is -2.22. The Bertz CT molecular complexity index is 612. The highest BCUT2D eigenvalue weighted by Crippen LogP contribution is 2.19. The van der Waals surface area contributed by atoms with Crippen molar-refractivity contribution in [3.63, 3.8) is 0 Å². The van der Waals surface area contributed by atoms with E-state index in [0.717, 1.165) is 9.80 Å². The fourth-order valence-corrected chi connectivity index (χ4v) is 1.94. The van der Waals surface area contributed by atoms with Gasteiger partial charge in [0.2, 0.25) is 5.91 Å². The fraction of sp³-hybridized carbons (Fsp3) is 0.231. The molecule has 4 amide bonds. The molecule has 1 aromatic carbocycles. The van der Waals surface area contributed by atoms with Gasteiger partial charge in [0.05, 0.1) is 17.8 Å². The Morgan fingerprint density at radius 2 is 2.00 bits per heavy atom. The van der Waals surface area contributed by atoms with Crippen LogP contribution in [0.25, 0.3) is 0 Å². The SMILES string of the molecule is CN(C(=O)CN1C(=O)CNC1=O)c1ccccc1C(=O)O. The second-order valence-corrected chi connectivity index (χ2v) is 4.41. The third-order valence-electron chi connectivity index (χ3n) is 3.10. The molecular weight excluding hydrogens is 278 g/mol. The summed E-state index contributed by atoms with van der Waals surface area (Å²) in [7, 11) is 1.39. The predicted molar refractivity (Wildman–Crippen MR) is 71.9 cm³/mol. The molecule has 0 spiro atoms. The first-order valence-electron chi connectivity index (χ1n) is 6.09. The highest BCUT2D eigenvalue weighted by Gasteiger charge is 2.31. The quantitative estimate of drug-likeness (QED) is 0.753. The van der Waals surface area contributed by atoms with Crippen molar-refractivity contribution in [1.29, 1.82) is 0 Å². The number of amides is 4. The van der Waals surface area contributed by atoms with Crippen molar-refractivity contribution in [3.8, 4) is 0 Å². The molecule has 0 bridgehead atoms. The molecule has 0 aromatic heterocycles. The maximum atomic E-state index is 12.1. The largest absolute Gasteiger partial charge is 0.478 e. The highest BCUT2D eigenvalue weighted by atomic mass is 16.4. The van der Waals surface area contributed by atoms with Crippen LogP contribution in [0.2, 0.25) is 0 Å². The molecule has 110 valence electrons. The zero-order valence-electron chi connectivity index (χ0n) is 11.2. The number of nitrogens with zero attached hydrogens (tertiary/aromatic N) is 2. The van der Waals surface area contributed by atoms with Crippen LogP contribution in [-0.2, 0) is 9.59 Å². The van der Waals surface area contributed by atoms with Crippen molar-refractivity contribution in [3.05, 3.63) is 29.8 Å². The van der Waals surface area contributed by atoms with E-state index in [4.69, 9.17) is 5.11 Å². The predicted octanol–water partition coefficient (Wildman–Crippen LogP) is -0.101. The molecule has 1 saturated heterocycles. The van der Waals surface area contributed by atoms with Gasteiger partial charge in [-0.1, -0.05) is 12.1 Å². The van der Waals surface area contributed by atoms with E-state index < -0.39 is 30.4 Å². The van der Waals surface area contributed by atoms with Gasteiger partial charge in [-0.3, -0.25) is 14.5 Å². The van der Waals surface area contributed by atoms with Crippen molar-refractivity contribution < 1.29 is 24.3 Å². The average Bonchev–Trinajstić information content (AvgIpc) is 2.78. The van der Waals surface area contributed by atoms with E-state index in [0.29, 0.717) is 0 Å². The average molecular weight is 291 g/mol. The van der Waals surface area contributed by atoms with Crippen LogP contribution in [0, 0.1) is 0 Å². The van der Waals surface area contributed by atoms with Crippen molar-refractivity contribution >= 4 is 29.5 Å². The summed E-state index contributed by atoms with van der Waals surface area (Å²) in [5.41, 5.74) is 0.160. The number of urea groups is 1. The Balaban J connectivity index is 2.18. The van der Waals surface area contributed by atoms with Gasteiger partial charge >= 0.3 is 12.0 Å². The molecule has 2 rings (SSSR count). The number of carboxylic acid groups (broad SMARTS) is 1. The number of aromatic carboxylic acids is 1. The minimum Gasteiger partial charge on any atom is -0.478 e. The Morgan fingerprint density at radius 1 is 1.33 bits per heavy atom. The van der Waals surface area contributed by atoms with Crippen molar-refractivity contribution in [2.45, 2.75) is 0 Å². The van der Waals surface area contributed by atoms with Crippen LogP contribution in [0.5, 0.6) is 0 Å². The van der Waals surface area contributed by atoms with Crippen molar-refractivity contribution in [2.75, 3.05) is 25.0 Å². The second kappa shape index (κ2) is 5.61. The Kier molecular flexibility index (Phi) is 3.88. The summed E-state index contributed by atoms with van der Waals surface area (Å²) in [6, 6.07) is 5.36. The van der Waals surface area contributed by atoms with Gasteiger partial charge in [-0.05, 0) is 12.1 Å². The van der Waals surface area contributed by atoms with Crippen LogP contribution < -0.4 is 10.2 Å². The molecule has 0 saturated carbocycles. The lowest BCUT2D eigenvalue weighted by atomic mass is 10.1. The zero-order valence-corrected chi connectivity index (χ0v) is 11.2. The topological polar surface area (TPSA) is 107 Å². The maximum Gasteiger partial charge on any atom is 0.337 e. The van der Waals surface area contributed by atoms with Gasteiger partial charge in [-0.2, -0.15) is 0 Å². The summed E-state index contributed by atoms with van der Waals surface area (Å²) in [6.45, 7) is -0.573. The van der Waals surface area contributed by atoms with E-state index >= 15 is 0 Å². The number of benzene rings is 1. The molecular formula is C13H13N3O5. The molecule has 1 fully saturated rings. The first-order chi connectivity index (χ1) is 9.91. The number of carboxylic acids is 1. The summed E-state index contributed by atoms with van der Waals surface area (Å²) < 4.78 is 0. The van der Waals surface area contributed by atoms with Gasteiger partial charge in [0.25, 0.3) is 5.91 Å². The Morgan fingerprint density at radius 3 is 2.57 bits per heavy atom. The second-order valence-electron chi connectivity index (χ2n) is 4.41. The van der Waals surface area contributed by atoms with Crippen LogP contribution in [0.15, 0.2) is 24.3 Å². The summed E-state index contributed by atoms with van der Waals surface area (Å²) >= 11 is 0. The molecule has 2 N–H and O–H groups in total. The molecule has 8 nitrogen and oxygen atoms in total. The Hall–Kier alpha value is -2.90. The minimum absolute atomic E-state index is 0.0365. The van der Waals surface area contributed by atoms with Crippen LogP contribution in [0.4, 0.5) is 10.5 Å². The van der Waals surface area contributed by atoms with Gasteiger partial charge in [0.1, 0.15) is 6.54 Å². The fourth-order valence-electron chi connectivity index (χ4n) is 1.94. The molecule has 0 atom stereocenters. The number of carbonyl (C=O) groups is 4. The first-order valence-corrected chi connectivity index (χ1v) is 6.09. The van der Waals surface area contributed by atoms with Gasteiger partial charge < -0.3 is 15.3 Å². The molecule has 8 heteroatoms. The van der Waals surface area contributed by atoms with E-state index in [1.54, 1.807) is 12.1 Å². The molecule has 1 heterocycles. The van der Waals surface area contributed by atoms with Gasteiger partial charge in [0, 0.05) is 7.05 Å². The standard InChI is InChI=1S/C13H13N3O5/c1-15(9-5-3-2-4-8(9)12(19)20)11(18)7-16-10(17)6-14-13(16)21/h2-5H,6-7H2,1H3,(H,14,21)(H,19,20). The number of anilines is 1. The maximum absolute atomic E-state index is 12.1. The van der Waals surface area contributed by atoms with Crippen LogP contribution >= 0.6 is 0 Å². The number of carbonyl (C=O) groups excluding carboxylic acids is 3. The number of rotatable bonds is 4. The number of hydrogen-bond acceptors (Lipinski definition) is 4. The monoisotopic (exact) mass is 291 g/mol. The van der Waals surface area contributed by atoms with E-state index in [1.807, 2.05) is 0 Å². The van der Waals surface area contributed by atoms with E-state index in [1.165, 1.54) is 19.2 Å². The highest BCUT2D eigenvalue weighted by molar-refractivity contribution is 6.08. The molecule has 0 radical (unpaired) electrons. The van der Waals surface area contributed by atoms with Crippen LogP contribution in [0.3, 0.4) is 0 Å². The van der Waals surface area contributed by atoms with E-state index in [-0.39, 0.29) is 17.8 Å². The van der Waals surface area contributed by atoms with Gasteiger partial charge in [0.15, 0.2) is 0 Å². The van der Waals surface area contributed by atoms with Gasteiger partial charge in [-0.15, -0.1) is 0 Å². The third kappa shape index (κ3) is 2.83. The van der Waals surface area contributed by atoms with Crippen LogP contribution in [-0.4, -0.2) is 54.0 Å². The molecule has 1 aliphatic rings. The number of hydrogen-bond donors (Lipinski definition) is 2. The molecule has 1 aliphatic heterocycles. The van der Waals surface area contributed by atoms with Gasteiger partial charge in [-0.25, -0.2) is 9.59 Å². The summed E-state index contributed by atoms with van der Waals surface area (Å²) in [6.07, 6.45) is 0. The zero-order chi connectivity index (χ0) is 15.6. The Labute approximate surface area is 119 Å². The van der Waals surface area contributed by atoms with Crippen LogP contribution in [0.1, 0.15) is 10.4 Å². The molecule has 0 aliphatic carbocycles. The van der Waals surface area contributed by atoms with Crippen molar-refractivity contribution in [2.24, 2.45) is 0 Å². The lowest BCUT2D eigenvalue weighted by molar-refractivity contribution is -0.129. The first kappa shape index (κ1) is 14.5. The number of likely N-dealkylation sites (N-methyl/N-ethyl adjacent to an activating group) is 1. The van der Waals surface area contributed by atoms with Crippen molar-refractivity contribution in [1.82, 2.24) is 10.2 Å². The lowest BCUT2D eigenvalue weighted by Crippen LogP contribution is -2.42. The summed E-state index contributed by atoms with van der Waals surface area (Å²) in [5, 5.41) is 11.4. The number of imide groups is 1. The van der Waals surface area contributed by atoms with E-state index in [2.05, 4.69) is 5.32 Å². The number of para-hydroxylation sites is 1.